The van der Waals surface area contributed by atoms with Gasteiger partial charge in [0.15, 0.2) is 6.10 Å². The van der Waals surface area contributed by atoms with Crippen molar-refractivity contribution < 1.29 is 14.6 Å². The number of ether oxygens (including phenoxy) is 1. The van der Waals surface area contributed by atoms with Gasteiger partial charge in [-0.25, -0.2) is 0 Å². The van der Waals surface area contributed by atoms with Crippen molar-refractivity contribution in [3.8, 4) is 5.75 Å². The molecule has 2 aromatic rings. The van der Waals surface area contributed by atoms with Crippen LogP contribution in [0.3, 0.4) is 0 Å². The molecule has 0 saturated carbocycles. The van der Waals surface area contributed by atoms with Crippen molar-refractivity contribution in [2.45, 2.75) is 19.4 Å². The van der Waals surface area contributed by atoms with E-state index < -0.39 is 12.0 Å². The predicted octanol–water partition coefficient (Wildman–Crippen LogP) is 2.16. The first-order chi connectivity index (χ1) is 10.2. The quantitative estimate of drug-likeness (QED) is 0.824. The zero-order chi connectivity index (χ0) is 15.1. The lowest BCUT2D eigenvalue weighted by Gasteiger charge is -2.13. The zero-order valence-electron chi connectivity index (χ0n) is 11.9. The second-order valence-electron chi connectivity index (χ2n) is 4.71. The highest BCUT2D eigenvalue weighted by Crippen LogP contribution is 2.16. The number of thiophene rings is 1. The molecule has 21 heavy (non-hydrogen) atoms. The van der Waals surface area contributed by atoms with E-state index >= 15 is 0 Å². The zero-order valence-corrected chi connectivity index (χ0v) is 12.7. The van der Waals surface area contributed by atoms with Gasteiger partial charge in [-0.15, -0.1) is 11.3 Å². The lowest BCUT2D eigenvalue weighted by molar-refractivity contribution is -0.130. The van der Waals surface area contributed by atoms with Crippen LogP contribution in [0.1, 0.15) is 10.4 Å². The van der Waals surface area contributed by atoms with E-state index in [1.165, 1.54) is 4.88 Å². The van der Waals surface area contributed by atoms with Gasteiger partial charge in [0.2, 0.25) is 0 Å². The van der Waals surface area contributed by atoms with Crippen molar-refractivity contribution >= 4 is 17.2 Å². The first-order valence-electron chi connectivity index (χ1n) is 6.83. The summed E-state index contributed by atoms with van der Waals surface area (Å²) in [5, 5.41) is 14.5. The van der Waals surface area contributed by atoms with Crippen molar-refractivity contribution in [3.63, 3.8) is 0 Å². The van der Waals surface area contributed by atoms with Crippen molar-refractivity contribution in [2.75, 3.05) is 13.2 Å². The van der Waals surface area contributed by atoms with E-state index in [-0.39, 0.29) is 6.61 Å². The number of hydrogen-bond acceptors (Lipinski definition) is 4. The summed E-state index contributed by atoms with van der Waals surface area (Å²) >= 11 is 1.65. The summed E-state index contributed by atoms with van der Waals surface area (Å²) in [5.74, 6) is 0.281. The molecule has 1 aromatic heterocycles. The maximum absolute atomic E-state index is 11.7. The molecule has 0 spiro atoms. The highest BCUT2D eigenvalue weighted by molar-refractivity contribution is 7.09. The summed E-state index contributed by atoms with van der Waals surface area (Å²) in [7, 11) is 0. The summed E-state index contributed by atoms with van der Waals surface area (Å²) < 4.78 is 5.46. The Morgan fingerprint density at radius 3 is 2.86 bits per heavy atom. The van der Waals surface area contributed by atoms with Crippen molar-refractivity contribution in [3.05, 3.63) is 52.2 Å². The molecule has 1 atom stereocenters. The van der Waals surface area contributed by atoms with Crippen molar-refractivity contribution in [1.82, 2.24) is 5.32 Å². The highest BCUT2D eigenvalue weighted by atomic mass is 32.1. The summed E-state index contributed by atoms with van der Waals surface area (Å²) in [6.07, 6.45) is -0.387. The minimum atomic E-state index is -1.16. The molecule has 1 unspecified atom stereocenters. The smallest absolute Gasteiger partial charge is 0.252 e. The minimum absolute atomic E-state index is 0.0459. The number of benzene rings is 1. The van der Waals surface area contributed by atoms with Crippen molar-refractivity contribution in [2.24, 2.45) is 0 Å². The van der Waals surface area contributed by atoms with Gasteiger partial charge in [0, 0.05) is 11.4 Å². The Hall–Kier alpha value is -1.85. The number of para-hydroxylation sites is 1. The van der Waals surface area contributed by atoms with Gasteiger partial charge >= 0.3 is 0 Å². The number of hydrogen-bond donors (Lipinski definition) is 2. The minimum Gasteiger partial charge on any atom is -0.490 e. The van der Waals surface area contributed by atoms with Gasteiger partial charge in [-0.1, -0.05) is 24.3 Å². The van der Waals surface area contributed by atoms with Gasteiger partial charge in [0.1, 0.15) is 12.4 Å². The van der Waals surface area contributed by atoms with E-state index in [0.29, 0.717) is 12.3 Å². The Labute approximate surface area is 128 Å². The Morgan fingerprint density at radius 2 is 2.14 bits per heavy atom. The standard InChI is InChI=1S/C16H19NO3S/c1-12-5-2-3-7-15(12)20-11-14(18)16(19)17-9-8-13-6-4-10-21-13/h2-7,10,14,18H,8-9,11H2,1H3,(H,17,19). The SMILES string of the molecule is Cc1ccccc1OCC(O)C(=O)NCCc1cccs1. The van der Waals surface area contributed by atoms with E-state index in [9.17, 15) is 9.90 Å². The van der Waals surface area contributed by atoms with Gasteiger partial charge < -0.3 is 15.2 Å². The molecule has 0 aliphatic rings. The fourth-order valence-electron chi connectivity index (χ4n) is 1.84. The lowest BCUT2D eigenvalue weighted by atomic mass is 10.2. The number of carbonyl (C=O) groups excluding carboxylic acids is 1. The Kier molecular flexibility index (Phi) is 5.78. The summed E-state index contributed by atoms with van der Waals surface area (Å²) in [5.41, 5.74) is 0.975. The second kappa shape index (κ2) is 7.81. The normalized spacial score (nSPS) is 11.9. The summed E-state index contributed by atoms with van der Waals surface area (Å²) in [6.45, 7) is 2.39. The molecule has 0 saturated heterocycles. The van der Waals surface area contributed by atoms with Crippen LogP contribution in [0.15, 0.2) is 41.8 Å². The number of aliphatic hydroxyl groups excluding tert-OH is 1. The van der Waals surface area contributed by atoms with Crippen LogP contribution in [0.5, 0.6) is 5.75 Å². The summed E-state index contributed by atoms with van der Waals surface area (Å²) in [4.78, 5) is 12.9. The Balaban J connectivity index is 1.71. The van der Waals surface area contributed by atoms with Crippen LogP contribution in [-0.4, -0.2) is 30.3 Å². The molecule has 0 fully saturated rings. The molecule has 2 N–H and O–H groups in total. The number of aliphatic hydroxyl groups is 1. The lowest BCUT2D eigenvalue weighted by Crippen LogP contribution is -2.39. The maximum atomic E-state index is 11.7. The van der Waals surface area contributed by atoms with Crippen LogP contribution in [0.2, 0.25) is 0 Å². The molecule has 1 aromatic carbocycles. The van der Waals surface area contributed by atoms with Gasteiger partial charge in [-0.05, 0) is 36.4 Å². The number of aryl methyl sites for hydroxylation is 1. The number of rotatable bonds is 7. The van der Waals surface area contributed by atoms with E-state index in [2.05, 4.69) is 5.32 Å². The van der Waals surface area contributed by atoms with E-state index in [4.69, 9.17) is 4.74 Å². The first kappa shape index (κ1) is 15.5. The highest BCUT2D eigenvalue weighted by Gasteiger charge is 2.15. The predicted molar refractivity (Wildman–Crippen MR) is 83.7 cm³/mol. The fraction of sp³-hybridized carbons (Fsp3) is 0.312. The van der Waals surface area contributed by atoms with Gasteiger partial charge in [-0.2, -0.15) is 0 Å². The van der Waals surface area contributed by atoms with Crippen LogP contribution in [0.25, 0.3) is 0 Å². The van der Waals surface area contributed by atoms with Crippen molar-refractivity contribution in [1.29, 1.82) is 0 Å². The van der Waals surface area contributed by atoms with Gasteiger partial charge in [0.25, 0.3) is 5.91 Å². The maximum Gasteiger partial charge on any atom is 0.252 e. The van der Waals surface area contributed by atoms with Crippen LogP contribution in [0, 0.1) is 6.92 Å². The first-order valence-corrected chi connectivity index (χ1v) is 7.71. The van der Waals surface area contributed by atoms with Crippen LogP contribution < -0.4 is 10.1 Å². The third-order valence-corrected chi connectivity index (χ3v) is 3.98. The van der Waals surface area contributed by atoms with Gasteiger partial charge in [-0.3, -0.25) is 4.79 Å². The average molecular weight is 305 g/mol. The van der Waals surface area contributed by atoms with E-state index in [1.807, 2.05) is 48.7 Å². The van der Waals surface area contributed by atoms with E-state index in [0.717, 1.165) is 12.0 Å². The molecule has 0 aliphatic heterocycles. The molecule has 1 amide bonds. The van der Waals surface area contributed by atoms with Crippen LogP contribution in [-0.2, 0) is 11.2 Å². The topological polar surface area (TPSA) is 58.6 Å². The van der Waals surface area contributed by atoms with Crippen LogP contribution >= 0.6 is 11.3 Å². The van der Waals surface area contributed by atoms with Gasteiger partial charge in [0.05, 0.1) is 0 Å². The number of nitrogens with one attached hydrogen (secondary N) is 1. The molecule has 0 bridgehead atoms. The molecular formula is C16H19NO3S. The van der Waals surface area contributed by atoms with Crippen LogP contribution in [0.4, 0.5) is 0 Å². The van der Waals surface area contributed by atoms with E-state index in [1.54, 1.807) is 11.3 Å². The molecule has 1 heterocycles. The fourth-order valence-corrected chi connectivity index (χ4v) is 2.55. The largest absolute Gasteiger partial charge is 0.490 e. The molecule has 2 rings (SSSR count). The monoisotopic (exact) mass is 305 g/mol. The summed E-state index contributed by atoms with van der Waals surface area (Å²) in [6, 6.07) is 11.5. The third-order valence-electron chi connectivity index (χ3n) is 3.04. The molecule has 0 radical (unpaired) electrons. The second-order valence-corrected chi connectivity index (χ2v) is 5.74. The number of amides is 1. The Bertz CT molecular complexity index is 569. The molecule has 112 valence electrons. The number of carbonyl (C=O) groups is 1. The molecular weight excluding hydrogens is 286 g/mol. The molecule has 0 aliphatic carbocycles. The molecule has 5 heteroatoms. The molecule has 4 nitrogen and oxygen atoms in total. The Morgan fingerprint density at radius 1 is 1.33 bits per heavy atom. The average Bonchev–Trinajstić information content (AvgIpc) is 2.99. The third kappa shape index (κ3) is 4.88.